The van der Waals surface area contributed by atoms with E-state index < -0.39 is 0 Å². The highest BCUT2D eigenvalue weighted by Crippen LogP contribution is 2.22. The molecule has 0 amide bonds. The van der Waals surface area contributed by atoms with Crippen molar-refractivity contribution in [3.8, 4) is 6.07 Å². The zero-order valence-corrected chi connectivity index (χ0v) is 12.1. The van der Waals surface area contributed by atoms with Gasteiger partial charge in [0.2, 0.25) is 0 Å². The van der Waals surface area contributed by atoms with E-state index in [2.05, 4.69) is 18.3 Å². The van der Waals surface area contributed by atoms with E-state index >= 15 is 0 Å². The summed E-state index contributed by atoms with van der Waals surface area (Å²) in [6.45, 7) is 2.09. The highest BCUT2D eigenvalue weighted by Gasteiger charge is 2.14. The van der Waals surface area contributed by atoms with Crippen LogP contribution in [-0.4, -0.2) is 0 Å². The molecule has 2 aromatic carbocycles. The minimum Gasteiger partial charge on any atom is -0.302 e. The van der Waals surface area contributed by atoms with Crippen LogP contribution in [0.5, 0.6) is 0 Å². The van der Waals surface area contributed by atoms with Gasteiger partial charge in [0, 0.05) is 17.1 Å². The van der Waals surface area contributed by atoms with E-state index in [-0.39, 0.29) is 12.1 Å². The second kappa shape index (κ2) is 7.09. The van der Waals surface area contributed by atoms with E-state index in [1.165, 1.54) is 0 Å². The predicted molar refractivity (Wildman–Crippen MR) is 82.4 cm³/mol. The third-order valence-corrected chi connectivity index (χ3v) is 3.57. The Kier molecular flexibility index (Phi) is 5.17. The Morgan fingerprint density at radius 1 is 1.05 bits per heavy atom. The summed E-state index contributed by atoms with van der Waals surface area (Å²) in [6, 6.07) is 20.3. The number of hydrogen-bond donors (Lipinski definition) is 1. The number of rotatable bonds is 5. The van der Waals surface area contributed by atoms with Crippen molar-refractivity contribution in [3.63, 3.8) is 0 Å². The fourth-order valence-electron chi connectivity index (χ4n) is 2.20. The maximum atomic E-state index is 9.01. The lowest BCUT2D eigenvalue weighted by Gasteiger charge is -2.22. The van der Waals surface area contributed by atoms with Crippen LogP contribution in [0.15, 0.2) is 54.6 Å². The van der Waals surface area contributed by atoms with Crippen molar-refractivity contribution < 1.29 is 0 Å². The summed E-state index contributed by atoms with van der Waals surface area (Å²) >= 11 is 5.90. The monoisotopic (exact) mass is 284 g/mol. The first-order valence-electron chi connectivity index (χ1n) is 6.64. The van der Waals surface area contributed by atoms with Crippen LogP contribution in [0.4, 0.5) is 0 Å². The molecule has 2 rings (SSSR count). The minimum absolute atomic E-state index is 0.0341. The van der Waals surface area contributed by atoms with Gasteiger partial charge in [0.1, 0.15) is 0 Å². The quantitative estimate of drug-likeness (QED) is 0.868. The molecule has 1 N–H and O–H groups in total. The zero-order chi connectivity index (χ0) is 14.4. The first kappa shape index (κ1) is 14.6. The third-order valence-electron chi connectivity index (χ3n) is 3.32. The van der Waals surface area contributed by atoms with Crippen molar-refractivity contribution in [3.05, 3.63) is 70.7 Å². The van der Waals surface area contributed by atoms with Crippen molar-refractivity contribution in [2.75, 3.05) is 0 Å². The molecule has 0 fully saturated rings. The Morgan fingerprint density at radius 3 is 2.30 bits per heavy atom. The van der Waals surface area contributed by atoms with Gasteiger partial charge in [0.05, 0.1) is 12.5 Å². The molecule has 1 unspecified atom stereocenters. The Balaban J connectivity index is 2.12. The van der Waals surface area contributed by atoms with Crippen LogP contribution in [0.1, 0.15) is 36.6 Å². The summed E-state index contributed by atoms with van der Waals surface area (Å²) in [5, 5.41) is 13.2. The molecule has 0 aliphatic heterocycles. The molecular weight excluding hydrogens is 268 g/mol. The zero-order valence-electron chi connectivity index (χ0n) is 11.4. The fraction of sp³-hybridized carbons (Fsp3) is 0.235. The molecular formula is C17H17ClN2. The van der Waals surface area contributed by atoms with Gasteiger partial charge in [-0.05, 0) is 30.2 Å². The van der Waals surface area contributed by atoms with Gasteiger partial charge >= 0.3 is 0 Å². The highest BCUT2D eigenvalue weighted by atomic mass is 35.5. The molecule has 0 heterocycles. The van der Waals surface area contributed by atoms with Crippen molar-refractivity contribution in [2.45, 2.75) is 25.4 Å². The number of nitrogens with zero attached hydrogens (tertiary/aromatic N) is 1. The summed E-state index contributed by atoms with van der Waals surface area (Å²) in [5.41, 5.74) is 2.29. The van der Waals surface area contributed by atoms with Gasteiger partial charge in [-0.3, -0.25) is 0 Å². The number of benzene rings is 2. The first-order chi connectivity index (χ1) is 9.70. The van der Waals surface area contributed by atoms with Crippen LogP contribution in [0.2, 0.25) is 5.02 Å². The molecule has 2 nitrogen and oxygen atoms in total. The minimum atomic E-state index is 0.0341. The molecule has 0 spiro atoms. The van der Waals surface area contributed by atoms with Crippen LogP contribution in [0.3, 0.4) is 0 Å². The van der Waals surface area contributed by atoms with Crippen molar-refractivity contribution in [1.29, 1.82) is 5.26 Å². The standard InChI is InChI=1S/C17H17ClN2/c1-13(14-7-9-16(18)10-8-14)20-17(11-12-19)15-5-3-2-4-6-15/h2-10,13,17,20H,11H2,1H3/t13-,17?/m0/s1. The van der Waals surface area contributed by atoms with Gasteiger partial charge in [0.15, 0.2) is 0 Å². The summed E-state index contributed by atoms with van der Waals surface area (Å²) < 4.78 is 0. The molecule has 3 heteroatoms. The normalized spacial score (nSPS) is 13.4. The second-order valence-corrected chi connectivity index (χ2v) is 5.20. The van der Waals surface area contributed by atoms with Crippen molar-refractivity contribution >= 4 is 11.6 Å². The Labute approximate surface area is 125 Å². The maximum Gasteiger partial charge on any atom is 0.0641 e. The molecule has 2 atom stereocenters. The van der Waals surface area contributed by atoms with Crippen LogP contribution in [0, 0.1) is 11.3 Å². The Morgan fingerprint density at radius 2 is 1.70 bits per heavy atom. The lowest BCUT2D eigenvalue weighted by molar-refractivity contribution is 0.472. The topological polar surface area (TPSA) is 35.8 Å². The molecule has 0 bridgehead atoms. The van der Waals surface area contributed by atoms with E-state index in [0.717, 1.165) is 16.1 Å². The van der Waals surface area contributed by atoms with E-state index in [0.29, 0.717) is 6.42 Å². The molecule has 20 heavy (non-hydrogen) atoms. The number of hydrogen-bond acceptors (Lipinski definition) is 2. The van der Waals surface area contributed by atoms with Gasteiger partial charge in [-0.15, -0.1) is 0 Å². The lowest BCUT2D eigenvalue weighted by Crippen LogP contribution is -2.24. The van der Waals surface area contributed by atoms with E-state index in [1.54, 1.807) is 0 Å². The van der Waals surface area contributed by atoms with Crippen LogP contribution in [0.25, 0.3) is 0 Å². The largest absolute Gasteiger partial charge is 0.302 e. The first-order valence-corrected chi connectivity index (χ1v) is 7.02. The number of nitrogens with one attached hydrogen (secondary N) is 1. The van der Waals surface area contributed by atoms with Gasteiger partial charge in [-0.1, -0.05) is 54.1 Å². The molecule has 0 saturated heterocycles. The van der Waals surface area contributed by atoms with Crippen LogP contribution < -0.4 is 5.32 Å². The summed E-state index contributed by atoms with van der Waals surface area (Å²) in [7, 11) is 0. The van der Waals surface area contributed by atoms with E-state index in [1.807, 2.05) is 54.6 Å². The summed E-state index contributed by atoms with van der Waals surface area (Å²) in [4.78, 5) is 0. The molecule has 0 aliphatic rings. The van der Waals surface area contributed by atoms with Gasteiger partial charge in [0.25, 0.3) is 0 Å². The average Bonchev–Trinajstić information content (AvgIpc) is 2.48. The molecule has 2 aromatic rings. The van der Waals surface area contributed by atoms with E-state index in [9.17, 15) is 0 Å². The molecule has 102 valence electrons. The fourth-order valence-corrected chi connectivity index (χ4v) is 2.33. The third kappa shape index (κ3) is 3.84. The van der Waals surface area contributed by atoms with Crippen LogP contribution >= 0.6 is 11.6 Å². The SMILES string of the molecule is C[C@H](NC(CC#N)c1ccccc1)c1ccc(Cl)cc1. The summed E-state index contributed by atoms with van der Waals surface area (Å²) in [5.74, 6) is 0. The van der Waals surface area contributed by atoms with E-state index in [4.69, 9.17) is 16.9 Å². The molecule has 0 saturated carbocycles. The Hall–Kier alpha value is -1.82. The maximum absolute atomic E-state index is 9.01. The molecule has 0 radical (unpaired) electrons. The van der Waals surface area contributed by atoms with Gasteiger partial charge in [-0.25, -0.2) is 0 Å². The highest BCUT2D eigenvalue weighted by molar-refractivity contribution is 6.30. The van der Waals surface area contributed by atoms with Crippen molar-refractivity contribution in [2.24, 2.45) is 0 Å². The lowest BCUT2D eigenvalue weighted by atomic mass is 10.0. The van der Waals surface area contributed by atoms with Crippen LogP contribution in [-0.2, 0) is 0 Å². The smallest absolute Gasteiger partial charge is 0.0641 e. The number of halogens is 1. The van der Waals surface area contributed by atoms with Gasteiger partial charge < -0.3 is 5.32 Å². The van der Waals surface area contributed by atoms with Crippen molar-refractivity contribution in [1.82, 2.24) is 5.32 Å². The average molecular weight is 285 g/mol. The van der Waals surface area contributed by atoms with Gasteiger partial charge in [-0.2, -0.15) is 5.26 Å². The molecule has 0 aliphatic carbocycles. The predicted octanol–water partition coefficient (Wildman–Crippen LogP) is 4.65. The molecule has 0 aromatic heterocycles. The second-order valence-electron chi connectivity index (χ2n) is 4.77. The summed E-state index contributed by atoms with van der Waals surface area (Å²) in [6.07, 6.45) is 0.446. The Bertz CT molecular complexity index is 572. The number of nitriles is 1.